The monoisotopic (exact) mass is 490 g/mol. The van der Waals surface area contributed by atoms with Gasteiger partial charge in [0.15, 0.2) is 0 Å². The van der Waals surface area contributed by atoms with Crippen LogP contribution < -0.4 is 4.90 Å². The predicted molar refractivity (Wildman–Crippen MR) is 122 cm³/mol. The van der Waals surface area contributed by atoms with E-state index in [0.717, 1.165) is 0 Å². The number of rotatable bonds is 6. The lowest BCUT2D eigenvalue weighted by Crippen LogP contribution is -2.74. The zero-order chi connectivity index (χ0) is 22.5. The third kappa shape index (κ3) is 3.35. The second kappa shape index (κ2) is 8.05. The van der Waals surface area contributed by atoms with Crippen LogP contribution in [0.25, 0.3) is 11.0 Å². The van der Waals surface area contributed by atoms with Crippen LogP contribution in [0.4, 0.5) is 5.00 Å². The molecule has 5 rings (SSSR count). The number of hydrogen-bond donors (Lipinski definition) is 2. The lowest BCUT2D eigenvalue weighted by Gasteiger charge is -2.55. The number of aromatic amines is 1. The van der Waals surface area contributed by atoms with Gasteiger partial charge in [0.2, 0.25) is 11.8 Å². The van der Waals surface area contributed by atoms with Gasteiger partial charge in [0.05, 0.1) is 11.2 Å². The van der Waals surface area contributed by atoms with Crippen molar-refractivity contribution in [3.8, 4) is 0 Å². The molecule has 0 aromatic carbocycles. The van der Waals surface area contributed by atoms with Crippen LogP contribution in [0.3, 0.4) is 0 Å². The van der Waals surface area contributed by atoms with Crippen LogP contribution in [-0.2, 0) is 14.4 Å². The van der Waals surface area contributed by atoms with Crippen LogP contribution in [0, 0.1) is 5.41 Å². The summed E-state index contributed by atoms with van der Waals surface area (Å²) in [5.41, 5.74) is 0.185. The first-order valence-corrected chi connectivity index (χ1v) is 12.6. The molecule has 0 radical (unpaired) electrons. The fourth-order valence-corrected chi connectivity index (χ4v) is 7.61. The topological polar surface area (TPSA) is 132 Å². The third-order valence-electron chi connectivity index (χ3n) is 5.62. The van der Waals surface area contributed by atoms with Crippen LogP contribution in [-0.4, -0.2) is 77.4 Å². The highest BCUT2D eigenvalue weighted by Gasteiger charge is 2.59. The summed E-state index contributed by atoms with van der Waals surface area (Å²) >= 11 is 4.12. The van der Waals surface area contributed by atoms with Gasteiger partial charge < -0.3 is 10.0 Å². The molecule has 2 saturated heterocycles. The van der Waals surface area contributed by atoms with E-state index < -0.39 is 17.4 Å². The fourth-order valence-electron chi connectivity index (χ4n) is 3.94. The van der Waals surface area contributed by atoms with Crippen molar-refractivity contribution in [1.82, 2.24) is 25.1 Å². The Labute approximate surface area is 194 Å². The molecule has 3 aromatic rings. The minimum absolute atomic E-state index is 0.0930. The Bertz CT molecular complexity index is 1200. The van der Waals surface area contributed by atoms with Crippen LogP contribution in [0.5, 0.6) is 0 Å². The summed E-state index contributed by atoms with van der Waals surface area (Å²) in [7, 11) is 0. The van der Waals surface area contributed by atoms with E-state index in [1.165, 1.54) is 53.0 Å². The number of β-lactam (4-membered cyclic amide) rings is 1. The second-order valence-corrected chi connectivity index (χ2v) is 10.6. The molecule has 5 heterocycles. The number of carboxylic acids is 1. The summed E-state index contributed by atoms with van der Waals surface area (Å²) in [5.74, 6) is -0.816. The SMILES string of the molecule is CC(=O)N(c1cccs1)C1C(=O)N2CC(CSc3ncnc4cn[nH]c34)(C(=O)O)CS[C@H]12. The van der Waals surface area contributed by atoms with Crippen LogP contribution in [0.2, 0.25) is 0 Å². The molecule has 2 fully saturated rings. The van der Waals surface area contributed by atoms with Crippen molar-refractivity contribution < 1.29 is 19.5 Å². The maximum Gasteiger partial charge on any atom is 0.313 e. The molecule has 2 aliphatic rings. The number of nitrogens with one attached hydrogen (secondary N) is 1. The summed E-state index contributed by atoms with van der Waals surface area (Å²) in [6.07, 6.45) is 3.01. The van der Waals surface area contributed by atoms with Gasteiger partial charge in [0, 0.05) is 25.0 Å². The Morgan fingerprint density at radius 3 is 3.00 bits per heavy atom. The molecular weight excluding hydrogens is 472 g/mol. The van der Waals surface area contributed by atoms with Crippen molar-refractivity contribution in [1.29, 1.82) is 0 Å². The van der Waals surface area contributed by atoms with Gasteiger partial charge in [-0.3, -0.25) is 24.4 Å². The van der Waals surface area contributed by atoms with Crippen molar-refractivity contribution in [2.75, 3.05) is 23.0 Å². The van der Waals surface area contributed by atoms with Crippen molar-refractivity contribution in [2.45, 2.75) is 23.4 Å². The van der Waals surface area contributed by atoms with Gasteiger partial charge in [-0.25, -0.2) is 9.97 Å². The number of carboxylic acid groups (broad SMARTS) is 1. The summed E-state index contributed by atoms with van der Waals surface area (Å²) in [6.45, 7) is 1.54. The highest BCUT2D eigenvalue weighted by molar-refractivity contribution is 8.00. The summed E-state index contributed by atoms with van der Waals surface area (Å²) in [4.78, 5) is 49.2. The highest BCUT2D eigenvalue weighted by atomic mass is 32.2. The minimum atomic E-state index is -1.13. The molecule has 2 amide bonds. The Balaban J connectivity index is 1.35. The third-order valence-corrected chi connectivity index (χ3v) is 9.34. The Morgan fingerprint density at radius 1 is 1.44 bits per heavy atom. The van der Waals surface area contributed by atoms with Gasteiger partial charge >= 0.3 is 5.97 Å². The number of carbonyl (C=O) groups excluding carboxylic acids is 2. The van der Waals surface area contributed by atoms with Crippen molar-refractivity contribution in [3.63, 3.8) is 0 Å². The molecule has 0 saturated carbocycles. The van der Waals surface area contributed by atoms with Gasteiger partial charge in [0.1, 0.15) is 39.2 Å². The van der Waals surface area contributed by atoms with Crippen molar-refractivity contribution in [3.05, 3.63) is 30.0 Å². The van der Waals surface area contributed by atoms with E-state index in [4.69, 9.17) is 0 Å². The van der Waals surface area contributed by atoms with Gasteiger partial charge in [-0.1, -0.05) is 0 Å². The van der Waals surface area contributed by atoms with Gasteiger partial charge in [0.25, 0.3) is 0 Å². The van der Waals surface area contributed by atoms with Gasteiger partial charge in [-0.05, 0) is 17.5 Å². The maximum absolute atomic E-state index is 13.1. The largest absolute Gasteiger partial charge is 0.481 e. The summed E-state index contributed by atoms with van der Waals surface area (Å²) in [5, 5.41) is 19.8. The molecule has 0 aliphatic carbocycles. The van der Waals surface area contributed by atoms with E-state index in [1.807, 2.05) is 17.5 Å². The first-order chi connectivity index (χ1) is 15.4. The molecular formula is C19H18N6O4S3. The predicted octanol–water partition coefficient (Wildman–Crippen LogP) is 1.91. The Hall–Kier alpha value is -2.64. The molecule has 0 spiro atoms. The standard InChI is InChI=1S/C19H18N6O4S3/c1-10(26)25(12-3-2-4-30-12)14-16(27)24-6-19(18(28)29,8-32-17(14)24)7-31-15-13-11(5-22-23-13)20-9-21-15/h2-5,9,14,17H,6-8H2,1H3,(H,22,23)(H,28,29)/t14?,17-,19?/m1/s1. The first kappa shape index (κ1) is 21.2. The minimum Gasteiger partial charge on any atom is -0.481 e. The van der Waals surface area contributed by atoms with Crippen molar-refractivity contribution in [2.24, 2.45) is 5.41 Å². The average Bonchev–Trinajstić information content (AvgIpc) is 3.47. The van der Waals surface area contributed by atoms with E-state index in [0.29, 0.717) is 26.8 Å². The zero-order valence-electron chi connectivity index (χ0n) is 16.8. The smallest absolute Gasteiger partial charge is 0.313 e. The lowest BCUT2D eigenvalue weighted by molar-refractivity contribution is -0.156. The number of fused-ring (bicyclic) bond motifs is 2. The number of H-pyrrole nitrogens is 1. The molecule has 32 heavy (non-hydrogen) atoms. The molecule has 13 heteroatoms. The number of thioether (sulfide) groups is 2. The van der Waals surface area contributed by atoms with E-state index in [1.54, 1.807) is 11.1 Å². The number of aliphatic carboxylic acids is 1. The normalized spacial score (nSPS) is 24.8. The lowest BCUT2D eigenvalue weighted by atomic mass is 9.89. The number of anilines is 1. The maximum atomic E-state index is 13.1. The number of amides is 2. The van der Waals surface area contributed by atoms with Gasteiger partial charge in [-0.2, -0.15) is 5.10 Å². The molecule has 0 bridgehead atoms. The van der Waals surface area contributed by atoms with Crippen LogP contribution in [0.15, 0.2) is 35.1 Å². The second-order valence-electron chi connectivity index (χ2n) is 7.64. The van der Waals surface area contributed by atoms with E-state index in [-0.39, 0.29) is 29.5 Å². The highest BCUT2D eigenvalue weighted by Crippen LogP contribution is 2.47. The van der Waals surface area contributed by atoms with Crippen molar-refractivity contribution >= 4 is 68.7 Å². The Morgan fingerprint density at radius 2 is 2.28 bits per heavy atom. The summed E-state index contributed by atoms with van der Waals surface area (Å²) < 4.78 is 0. The molecule has 10 nitrogen and oxygen atoms in total. The van der Waals surface area contributed by atoms with E-state index in [2.05, 4.69) is 20.2 Å². The average molecular weight is 491 g/mol. The quantitative estimate of drug-likeness (QED) is 0.302. The number of carbonyl (C=O) groups is 3. The molecule has 166 valence electrons. The Kier molecular flexibility index (Phi) is 5.34. The molecule has 2 aliphatic heterocycles. The fraction of sp³-hybridized carbons (Fsp3) is 0.368. The molecule has 2 unspecified atom stereocenters. The number of hydrogen-bond acceptors (Lipinski definition) is 9. The first-order valence-electron chi connectivity index (χ1n) is 9.67. The summed E-state index contributed by atoms with van der Waals surface area (Å²) in [6, 6.07) is 3.04. The van der Waals surface area contributed by atoms with E-state index in [9.17, 15) is 19.5 Å². The number of thiophene rings is 1. The number of nitrogens with zero attached hydrogens (tertiary/aromatic N) is 5. The van der Waals surface area contributed by atoms with Crippen LogP contribution >= 0.6 is 34.9 Å². The molecule has 2 N–H and O–H groups in total. The number of aromatic nitrogens is 4. The molecule has 3 atom stereocenters. The van der Waals surface area contributed by atoms with Gasteiger partial charge in [-0.15, -0.1) is 34.9 Å². The molecule has 3 aromatic heterocycles. The zero-order valence-corrected chi connectivity index (χ0v) is 19.2. The van der Waals surface area contributed by atoms with E-state index >= 15 is 0 Å². The van der Waals surface area contributed by atoms with Crippen LogP contribution in [0.1, 0.15) is 6.92 Å².